The van der Waals surface area contributed by atoms with Gasteiger partial charge in [0.25, 0.3) is 0 Å². The van der Waals surface area contributed by atoms with Crippen molar-refractivity contribution in [2.24, 2.45) is 5.92 Å². The number of piperidine rings is 1. The Morgan fingerprint density at radius 3 is 2.40 bits per heavy atom. The number of aromatic nitrogens is 3. The van der Waals surface area contributed by atoms with Crippen molar-refractivity contribution in [3.05, 3.63) is 84.7 Å². The van der Waals surface area contributed by atoms with Crippen molar-refractivity contribution in [1.29, 1.82) is 0 Å². The second-order valence-electron chi connectivity index (χ2n) is 7.81. The zero-order valence-corrected chi connectivity index (χ0v) is 16.7. The minimum absolute atomic E-state index is 0.259. The summed E-state index contributed by atoms with van der Waals surface area (Å²) in [6, 6.07) is 22.0. The fourth-order valence-corrected chi connectivity index (χ4v) is 4.27. The number of aliphatic hydroxyl groups excluding tert-OH is 1. The Kier molecular flexibility index (Phi) is 5.11. The lowest BCUT2D eigenvalue weighted by Gasteiger charge is -2.35. The van der Waals surface area contributed by atoms with Gasteiger partial charge in [0, 0.05) is 36.4 Å². The van der Waals surface area contributed by atoms with Gasteiger partial charge < -0.3 is 10.0 Å². The van der Waals surface area contributed by atoms with Crippen molar-refractivity contribution < 1.29 is 5.11 Å². The highest BCUT2D eigenvalue weighted by Crippen LogP contribution is 2.34. The summed E-state index contributed by atoms with van der Waals surface area (Å²) in [5.41, 5.74) is 2.86. The van der Waals surface area contributed by atoms with E-state index < -0.39 is 6.10 Å². The molecule has 5 nitrogen and oxygen atoms in total. The molecule has 2 aromatic carbocycles. The van der Waals surface area contributed by atoms with Crippen LogP contribution in [0.5, 0.6) is 0 Å². The number of fused-ring (bicyclic) bond motifs is 1. The van der Waals surface area contributed by atoms with Crippen molar-refractivity contribution in [3.8, 4) is 11.4 Å². The molecule has 30 heavy (non-hydrogen) atoms. The lowest BCUT2D eigenvalue weighted by molar-refractivity contribution is 0.0929. The topological polar surface area (TPSA) is 62.1 Å². The summed E-state index contributed by atoms with van der Waals surface area (Å²) in [6.07, 6.45) is 5.00. The first-order valence-electron chi connectivity index (χ1n) is 10.4. The third kappa shape index (κ3) is 3.64. The molecule has 1 unspecified atom stereocenters. The zero-order chi connectivity index (χ0) is 20.3. The summed E-state index contributed by atoms with van der Waals surface area (Å²) in [5, 5.41) is 11.9. The Morgan fingerprint density at radius 1 is 0.867 bits per heavy atom. The van der Waals surface area contributed by atoms with E-state index in [1.54, 1.807) is 12.4 Å². The molecule has 0 radical (unpaired) electrons. The number of pyridine rings is 1. The highest BCUT2D eigenvalue weighted by atomic mass is 16.3. The van der Waals surface area contributed by atoms with Crippen LogP contribution in [0, 0.1) is 5.92 Å². The molecule has 1 N–H and O–H groups in total. The summed E-state index contributed by atoms with van der Waals surface area (Å²) in [4.78, 5) is 16.3. The molecule has 2 aromatic heterocycles. The Balaban J connectivity index is 1.43. The van der Waals surface area contributed by atoms with Gasteiger partial charge in [-0.15, -0.1) is 0 Å². The van der Waals surface area contributed by atoms with Crippen molar-refractivity contribution >= 4 is 16.7 Å². The predicted octanol–water partition coefficient (Wildman–Crippen LogP) is 4.64. The van der Waals surface area contributed by atoms with E-state index >= 15 is 0 Å². The Bertz CT molecular complexity index is 1130. The summed E-state index contributed by atoms with van der Waals surface area (Å²) in [5.74, 6) is 1.92. The molecule has 0 spiro atoms. The molecule has 1 aliphatic heterocycles. The number of hydrogen-bond donors (Lipinski definition) is 1. The van der Waals surface area contributed by atoms with E-state index in [2.05, 4.69) is 16.0 Å². The van der Waals surface area contributed by atoms with Crippen LogP contribution in [0.2, 0.25) is 0 Å². The molecule has 0 amide bonds. The molecule has 5 heteroatoms. The van der Waals surface area contributed by atoms with Gasteiger partial charge in [0.2, 0.25) is 0 Å². The molecule has 5 rings (SSSR count). The van der Waals surface area contributed by atoms with Crippen LogP contribution in [0.4, 0.5) is 5.82 Å². The van der Waals surface area contributed by atoms with Crippen LogP contribution in [0.3, 0.4) is 0 Å². The van der Waals surface area contributed by atoms with Gasteiger partial charge >= 0.3 is 0 Å². The van der Waals surface area contributed by atoms with Gasteiger partial charge in [-0.25, -0.2) is 9.97 Å². The molecule has 4 aromatic rings. The number of aliphatic hydroxyl groups is 1. The molecular weight excluding hydrogens is 372 g/mol. The van der Waals surface area contributed by atoms with Crippen LogP contribution in [-0.2, 0) is 0 Å². The van der Waals surface area contributed by atoms with Crippen LogP contribution < -0.4 is 4.90 Å². The standard InChI is InChI=1S/C25H24N4O/c30-23(18-7-2-1-3-8-18)19-12-15-29(16-13-19)25-21-10-4-5-11-22(21)27-24(28-25)20-9-6-14-26-17-20/h1-11,14,17,19,23,30H,12-13,15-16H2. The number of nitrogens with zero attached hydrogens (tertiary/aromatic N) is 4. The van der Waals surface area contributed by atoms with Crippen molar-refractivity contribution in [1.82, 2.24) is 15.0 Å². The maximum atomic E-state index is 10.8. The number of rotatable bonds is 4. The van der Waals surface area contributed by atoms with Crippen LogP contribution in [0.15, 0.2) is 79.1 Å². The van der Waals surface area contributed by atoms with Crippen molar-refractivity contribution in [2.45, 2.75) is 18.9 Å². The number of benzene rings is 2. The van der Waals surface area contributed by atoms with E-state index in [0.29, 0.717) is 5.82 Å². The Labute approximate surface area is 176 Å². The minimum Gasteiger partial charge on any atom is -0.388 e. The second-order valence-corrected chi connectivity index (χ2v) is 7.81. The van der Waals surface area contributed by atoms with Crippen LogP contribution in [0.1, 0.15) is 24.5 Å². The van der Waals surface area contributed by atoms with E-state index in [9.17, 15) is 5.11 Å². The third-order valence-corrected chi connectivity index (χ3v) is 5.93. The highest BCUT2D eigenvalue weighted by Gasteiger charge is 2.27. The summed E-state index contributed by atoms with van der Waals surface area (Å²) < 4.78 is 0. The molecule has 3 heterocycles. The summed E-state index contributed by atoms with van der Waals surface area (Å²) >= 11 is 0. The molecule has 0 saturated carbocycles. The van der Waals surface area contributed by atoms with Gasteiger partial charge in [-0.2, -0.15) is 0 Å². The van der Waals surface area contributed by atoms with Crippen molar-refractivity contribution in [3.63, 3.8) is 0 Å². The number of hydrogen-bond acceptors (Lipinski definition) is 5. The maximum Gasteiger partial charge on any atom is 0.163 e. The maximum absolute atomic E-state index is 10.8. The van der Waals surface area contributed by atoms with Gasteiger partial charge in [-0.05, 0) is 48.6 Å². The van der Waals surface area contributed by atoms with E-state index in [0.717, 1.165) is 53.8 Å². The Morgan fingerprint density at radius 2 is 1.63 bits per heavy atom. The van der Waals surface area contributed by atoms with E-state index in [4.69, 9.17) is 9.97 Å². The van der Waals surface area contributed by atoms with Gasteiger partial charge in [0.1, 0.15) is 5.82 Å². The fourth-order valence-electron chi connectivity index (χ4n) is 4.27. The molecule has 0 aliphatic carbocycles. The third-order valence-electron chi connectivity index (χ3n) is 5.93. The SMILES string of the molecule is OC(c1ccccc1)C1CCN(c2nc(-c3cccnc3)nc3ccccc23)CC1. The molecule has 150 valence electrons. The summed E-state index contributed by atoms with van der Waals surface area (Å²) in [7, 11) is 0. The molecule has 1 atom stereocenters. The largest absolute Gasteiger partial charge is 0.388 e. The first-order valence-corrected chi connectivity index (χ1v) is 10.4. The van der Waals surface area contributed by atoms with Crippen LogP contribution in [-0.4, -0.2) is 33.1 Å². The average Bonchev–Trinajstić information content (AvgIpc) is 2.84. The van der Waals surface area contributed by atoms with E-state index in [1.165, 1.54) is 0 Å². The molecular formula is C25H24N4O. The van der Waals surface area contributed by atoms with Gasteiger partial charge in [0.15, 0.2) is 5.82 Å². The van der Waals surface area contributed by atoms with Crippen LogP contribution >= 0.6 is 0 Å². The molecule has 0 bridgehead atoms. The van der Waals surface area contributed by atoms with E-state index in [1.807, 2.05) is 60.7 Å². The van der Waals surface area contributed by atoms with Gasteiger partial charge in [0.05, 0.1) is 11.6 Å². The van der Waals surface area contributed by atoms with Gasteiger partial charge in [-0.3, -0.25) is 4.98 Å². The summed E-state index contributed by atoms with van der Waals surface area (Å²) in [6.45, 7) is 1.73. The normalized spacial score (nSPS) is 16.0. The van der Waals surface area contributed by atoms with E-state index in [-0.39, 0.29) is 5.92 Å². The molecule has 1 saturated heterocycles. The zero-order valence-electron chi connectivity index (χ0n) is 16.7. The molecule has 1 aliphatic rings. The second kappa shape index (κ2) is 8.20. The quantitative estimate of drug-likeness (QED) is 0.544. The smallest absolute Gasteiger partial charge is 0.163 e. The van der Waals surface area contributed by atoms with Crippen molar-refractivity contribution in [2.75, 3.05) is 18.0 Å². The highest BCUT2D eigenvalue weighted by molar-refractivity contribution is 5.91. The minimum atomic E-state index is -0.415. The fraction of sp³-hybridized carbons (Fsp3) is 0.240. The molecule has 1 fully saturated rings. The average molecular weight is 396 g/mol. The lowest BCUT2D eigenvalue weighted by atomic mass is 9.87. The number of anilines is 1. The predicted molar refractivity (Wildman–Crippen MR) is 119 cm³/mol. The Hall–Kier alpha value is -3.31. The monoisotopic (exact) mass is 396 g/mol. The van der Waals surface area contributed by atoms with Crippen LogP contribution in [0.25, 0.3) is 22.3 Å². The first-order chi connectivity index (χ1) is 14.8. The lowest BCUT2D eigenvalue weighted by Crippen LogP contribution is -2.36. The first kappa shape index (κ1) is 18.7. The van der Waals surface area contributed by atoms with Gasteiger partial charge in [-0.1, -0.05) is 42.5 Å². The number of para-hydroxylation sites is 1.